The highest BCUT2D eigenvalue weighted by Crippen LogP contribution is 2.31. The van der Waals surface area contributed by atoms with E-state index >= 15 is 0 Å². The fourth-order valence-corrected chi connectivity index (χ4v) is 3.03. The number of alkyl halides is 2. The summed E-state index contributed by atoms with van der Waals surface area (Å²) in [6, 6.07) is 13.1. The summed E-state index contributed by atoms with van der Waals surface area (Å²) < 4.78 is 25.5. The number of nitrogens with zero attached hydrogens (tertiary/aromatic N) is 3. The predicted molar refractivity (Wildman–Crippen MR) is 111 cm³/mol. The van der Waals surface area contributed by atoms with Crippen LogP contribution < -0.4 is 10.2 Å². The number of carbonyl (C=O) groups is 2. The van der Waals surface area contributed by atoms with Crippen LogP contribution in [0.25, 0.3) is 11.3 Å². The summed E-state index contributed by atoms with van der Waals surface area (Å²) in [6.07, 6.45) is 0.295. The van der Waals surface area contributed by atoms with Crippen molar-refractivity contribution in [2.24, 2.45) is 0 Å². The molecule has 3 rings (SSSR count). The van der Waals surface area contributed by atoms with Crippen LogP contribution in [0.15, 0.2) is 60.9 Å². The fourth-order valence-electron chi connectivity index (χ4n) is 2.74. The first kappa shape index (κ1) is 21.3. The third-order valence-corrected chi connectivity index (χ3v) is 4.47. The van der Waals surface area contributed by atoms with E-state index < -0.39 is 18.9 Å². The summed E-state index contributed by atoms with van der Waals surface area (Å²) in [7, 11) is 0. The van der Waals surface area contributed by atoms with E-state index in [1.807, 2.05) is 0 Å². The lowest BCUT2D eigenvalue weighted by Gasteiger charge is -2.22. The monoisotopic (exact) mass is 430 g/mol. The number of pyridine rings is 2. The maximum Gasteiger partial charge on any atom is 0.258 e. The van der Waals surface area contributed by atoms with Crippen LogP contribution in [-0.4, -0.2) is 34.8 Å². The Morgan fingerprint density at radius 2 is 1.93 bits per heavy atom. The number of nitrogens with one attached hydrogen (secondary N) is 1. The minimum atomic E-state index is -2.68. The molecule has 0 radical (unpaired) electrons. The number of aromatic nitrogens is 2. The van der Waals surface area contributed by atoms with E-state index in [9.17, 15) is 18.4 Å². The van der Waals surface area contributed by atoms with Crippen LogP contribution in [0, 0.1) is 0 Å². The van der Waals surface area contributed by atoms with Crippen molar-refractivity contribution in [3.8, 4) is 11.3 Å². The molecule has 30 heavy (non-hydrogen) atoms. The van der Waals surface area contributed by atoms with Crippen LogP contribution in [0.3, 0.4) is 0 Å². The maximum absolute atomic E-state index is 12.8. The Kier molecular flexibility index (Phi) is 6.68. The number of anilines is 2. The number of hydrogen-bond acceptors (Lipinski definition) is 4. The van der Waals surface area contributed by atoms with Crippen molar-refractivity contribution in [1.82, 2.24) is 9.97 Å². The zero-order valence-corrected chi connectivity index (χ0v) is 16.6. The molecule has 154 valence electrons. The van der Waals surface area contributed by atoms with Gasteiger partial charge in [0.25, 0.3) is 12.3 Å². The van der Waals surface area contributed by atoms with Gasteiger partial charge in [0.2, 0.25) is 5.91 Å². The topological polar surface area (TPSA) is 75.2 Å². The normalized spacial score (nSPS) is 10.7. The van der Waals surface area contributed by atoms with Crippen molar-refractivity contribution in [2.45, 2.75) is 13.3 Å². The SMILES string of the molecule is CC(=O)N(CC(F)F)c1ccc(-c2ccc(C(=O)Nc3ccccn3)cn2)cc1Cl. The first-order valence-electron chi connectivity index (χ1n) is 8.90. The Morgan fingerprint density at radius 1 is 1.13 bits per heavy atom. The largest absolute Gasteiger partial charge is 0.307 e. The molecule has 0 unspecified atom stereocenters. The molecule has 0 aliphatic heterocycles. The van der Waals surface area contributed by atoms with E-state index in [0.717, 1.165) is 4.90 Å². The molecule has 9 heteroatoms. The molecule has 0 spiro atoms. The quantitative estimate of drug-likeness (QED) is 0.616. The van der Waals surface area contributed by atoms with Gasteiger partial charge in [-0.2, -0.15) is 0 Å². The number of benzene rings is 1. The summed E-state index contributed by atoms with van der Waals surface area (Å²) in [5.74, 6) is -0.468. The zero-order valence-electron chi connectivity index (χ0n) is 15.8. The third kappa shape index (κ3) is 5.15. The molecule has 0 atom stereocenters. The molecular formula is C21H17ClF2N4O2. The van der Waals surface area contributed by atoms with E-state index in [4.69, 9.17) is 11.6 Å². The van der Waals surface area contributed by atoms with Crippen molar-refractivity contribution in [3.63, 3.8) is 0 Å². The van der Waals surface area contributed by atoms with Crippen LogP contribution in [0.2, 0.25) is 5.02 Å². The number of carbonyl (C=O) groups excluding carboxylic acids is 2. The second-order valence-corrected chi connectivity index (χ2v) is 6.70. The van der Waals surface area contributed by atoms with Crippen molar-refractivity contribution in [2.75, 3.05) is 16.8 Å². The van der Waals surface area contributed by atoms with Crippen LogP contribution >= 0.6 is 11.6 Å². The highest BCUT2D eigenvalue weighted by Gasteiger charge is 2.20. The van der Waals surface area contributed by atoms with Gasteiger partial charge in [-0.25, -0.2) is 13.8 Å². The van der Waals surface area contributed by atoms with Crippen LogP contribution in [0.4, 0.5) is 20.3 Å². The van der Waals surface area contributed by atoms with Gasteiger partial charge in [-0.05, 0) is 36.4 Å². The Hall–Kier alpha value is -3.39. The van der Waals surface area contributed by atoms with Gasteiger partial charge in [0.05, 0.1) is 28.5 Å². The van der Waals surface area contributed by atoms with Gasteiger partial charge in [-0.3, -0.25) is 14.6 Å². The molecule has 0 aliphatic carbocycles. The molecular weight excluding hydrogens is 414 g/mol. The van der Waals surface area contributed by atoms with Crippen molar-refractivity contribution in [1.29, 1.82) is 0 Å². The molecule has 2 heterocycles. The van der Waals surface area contributed by atoms with Crippen molar-refractivity contribution >= 4 is 34.9 Å². The number of amides is 2. The Labute approximate surface area is 176 Å². The summed E-state index contributed by atoms with van der Waals surface area (Å²) in [6.45, 7) is 0.454. The van der Waals surface area contributed by atoms with Gasteiger partial charge in [0.1, 0.15) is 5.82 Å². The van der Waals surface area contributed by atoms with E-state index in [1.165, 1.54) is 25.3 Å². The van der Waals surface area contributed by atoms with Gasteiger partial charge in [-0.15, -0.1) is 0 Å². The van der Waals surface area contributed by atoms with Crippen LogP contribution in [-0.2, 0) is 4.79 Å². The lowest BCUT2D eigenvalue weighted by Crippen LogP contribution is -2.33. The lowest BCUT2D eigenvalue weighted by atomic mass is 10.1. The first-order chi connectivity index (χ1) is 14.3. The summed E-state index contributed by atoms with van der Waals surface area (Å²) in [5.41, 5.74) is 1.67. The fraction of sp³-hybridized carbons (Fsp3) is 0.143. The third-order valence-electron chi connectivity index (χ3n) is 4.17. The number of rotatable bonds is 6. The Bertz CT molecular complexity index is 1050. The Morgan fingerprint density at radius 3 is 2.50 bits per heavy atom. The van der Waals surface area contributed by atoms with E-state index in [1.54, 1.807) is 42.6 Å². The maximum atomic E-state index is 12.8. The van der Waals surface area contributed by atoms with E-state index in [0.29, 0.717) is 22.6 Å². The number of hydrogen-bond donors (Lipinski definition) is 1. The van der Waals surface area contributed by atoms with Crippen LogP contribution in [0.1, 0.15) is 17.3 Å². The number of halogens is 3. The summed E-state index contributed by atoms with van der Waals surface area (Å²) in [4.78, 5) is 33.2. The smallest absolute Gasteiger partial charge is 0.258 e. The summed E-state index contributed by atoms with van der Waals surface area (Å²) >= 11 is 6.24. The molecule has 0 fully saturated rings. The average molecular weight is 431 g/mol. The van der Waals surface area contributed by atoms with Crippen molar-refractivity contribution in [3.05, 3.63) is 71.5 Å². The molecule has 1 N–H and O–H groups in total. The second kappa shape index (κ2) is 9.41. The van der Waals surface area contributed by atoms with Crippen molar-refractivity contribution < 1.29 is 18.4 Å². The molecule has 2 amide bonds. The van der Waals surface area contributed by atoms with Gasteiger partial charge in [0.15, 0.2) is 0 Å². The highest BCUT2D eigenvalue weighted by atomic mass is 35.5. The van der Waals surface area contributed by atoms with Gasteiger partial charge >= 0.3 is 0 Å². The minimum Gasteiger partial charge on any atom is -0.307 e. The minimum absolute atomic E-state index is 0.141. The van der Waals surface area contributed by atoms with E-state index in [2.05, 4.69) is 15.3 Å². The molecule has 1 aromatic carbocycles. The lowest BCUT2D eigenvalue weighted by molar-refractivity contribution is -0.117. The van der Waals surface area contributed by atoms with Gasteiger partial charge in [-0.1, -0.05) is 23.7 Å². The zero-order chi connectivity index (χ0) is 21.7. The Balaban J connectivity index is 1.78. The molecule has 6 nitrogen and oxygen atoms in total. The average Bonchev–Trinajstić information content (AvgIpc) is 2.73. The molecule has 2 aromatic heterocycles. The van der Waals surface area contributed by atoms with Gasteiger partial charge in [0, 0.05) is 24.9 Å². The van der Waals surface area contributed by atoms with Gasteiger partial charge < -0.3 is 10.2 Å². The first-order valence-corrected chi connectivity index (χ1v) is 9.27. The molecule has 0 bridgehead atoms. The molecule has 0 aliphatic rings. The molecule has 0 saturated carbocycles. The summed E-state index contributed by atoms with van der Waals surface area (Å²) in [5, 5.41) is 2.80. The second-order valence-electron chi connectivity index (χ2n) is 6.29. The highest BCUT2D eigenvalue weighted by molar-refractivity contribution is 6.34. The molecule has 3 aromatic rings. The van der Waals surface area contributed by atoms with E-state index in [-0.39, 0.29) is 16.6 Å². The van der Waals surface area contributed by atoms with Crippen LogP contribution in [0.5, 0.6) is 0 Å². The standard InChI is InChI=1S/C21H17ClF2N4O2/c1-13(29)28(12-19(23)24)18-8-6-14(10-16(18)22)17-7-5-15(11-26-17)21(30)27-20-4-2-3-9-25-20/h2-11,19H,12H2,1H3,(H,25,27,30). The molecule has 0 saturated heterocycles. The predicted octanol–water partition coefficient (Wildman–Crippen LogP) is 4.67.